The molecule has 21 heavy (non-hydrogen) atoms. The largest absolute Gasteiger partial charge is 0.350 e. The number of amides is 1. The lowest BCUT2D eigenvalue weighted by atomic mass is 9.99. The number of rotatable bonds is 3. The highest BCUT2D eigenvalue weighted by Crippen LogP contribution is 2.28. The second-order valence-corrected chi connectivity index (χ2v) is 8.47. The average molecular weight is 315 g/mol. The fourth-order valence-electron chi connectivity index (χ4n) is 4.09. The summed E-state index contributed by atoms with van der Waals surface area (Å²) in [6, 6.07) is 0.147. The molecule has 0 spiro atoms. The van der Waals surface area contributed by atoms with Gasteiger partial charge in [0.1, 0.15) is 6.04 Å². The number of carbonyl (C=O) groups is 1. The van der Waals surface area contributed by atoms with E-state index in [0.29, 0.717) is 19.0 Å². The Balaban J connectivity index is 1.64. The molecule has 7 heteroatoms. The van der Waals surface area contributed by atoms with Gasteiger partial charge in [-0.15, -0.1) is 0 Å². The van der Waals surface area contributed by atoms with Crippen LogP contribution in [0, 0.1) is 0 Å². The van der Waals surface area contributed by atoms with Crippen LogP contribution in [0.3, 0.4) is 0 Å². The van der Waals surface area contributed by atoms with Gasteiger partial charge in [0.05, 0.1) is 6.26 Å². The molecule has 0 aromatic heterocycles. The molecule has 6 nitrogen and oxygen atoms in total. The summed E-state index contributed by atoms with van der Waals surface area (Å²) in [5.41, 5.74) is 0. The van der Waals surface area contributed by atoms with Gasteiger partial charge in [0.15, 0.2) is 0 Å². The Bertz CT molecular complexity index is 508. The van der Waals surface area contributed by atoms with Crippen molar-refractivity contribution < 1.29 is 13.2 Å². The van der Waals surface area contributed by atoms with E-state index in [1.165, 1.54) is 23.4 Å². The first-order chi connectivity index (χ1) is 9.97. The summed E-state index contributed by atoms with van der Waals surface area (Å²) in [6.07, 6.45) is 7.21. The maximum absolute atomic E-state index is 12.5. The van der Waals surface area contributed by atoms with Crippen molar-refractivity contribution in [1.82, 2.24) is 14.5 Å². The molecule has 1 amide bonds. The first-order valence-corrected chi connectivity index (χ1v) is 9.83. The highest BCUT2D eigenvalue weighted by atomic mass is 32.2. The number of piperidine rings is 1. The lowest BCUT2D eigenvalue weighted by Crippen LogP contribution is -2.52. The van der Waals surface area contributed by atoms with Gasteiger partial charge in [0.25, 0.3) is 0 Å². The lowest BCUT2D eigenvalue weighted by Gasteiger charge is -2.33. The first-order valence-electron chi connectivity index (χ1n) is 7.98. The molecule has 0 aromatic rings. The zero-order valence-electron chi connectivity index (χ0n) is 12.6. The summed E-state index contributed by atoms with van der Waals surface area (Å²) in [5.74, 6) is -0.102. The van der Waals surface area contributed by atoms with Crippen LogP contribution >= 0.6 is 0 Å². The number of hydrogen-bond donors (Lipinski definition) is 1. The van der Waals surface area contributed by atoms with Crippen molar-refractivity contribution in [2.75, 3.05) is 25.9 Å². The molecule has 1 N–H and O–H groups in total. The standard InChI is InChI=1S/C14H25N3O3S/c1-21(19,20)17-9-4-6-13(17)14(18)15-11-7-10-16-8-3-2-5-12(11)16/h11-13H,2-10H2,1H3,(H,15,18)/t11-,12-,13+/m0/s1. The Morgan fingerprint density at radius 1 is 1.05 bits per heavy atom. The fraction of sp³-hybridized carbons (Fsp3) is 0.929. The Morgan fingerprint density at radius 3 is 2.62 bits per heavy atom. The van der Waals surface area contributed by atoms with E-state index < -0.39 is 16.1 Å². The van der Waals surface area contributed by atoms with E-state index in [9.17, 15) is 13.2 Å². The van der Waals surface area contributed by atoms with E-state index >= 15 is 0 Å². The summed E-state index contributed by atoms with van der Waals surface area (Å²) < 4.78 is 24.9. The molecule has 0 unspecified atom stereocenters. The molecule has 0 saturated carbocycles. The minimum absolute atomic E-state index is 0.102. The van der Waals surface area contributed by atoms with E-state index in [0.717, 1.165) is 32.4 Å². The van der Waals surface area contributed by atoms with Gasteiger partial charge in [-0.3, -0.25) is 9.69 Å². The predicted octanol–water partition coefficient (Wildman–Crippen LogP) is 0.153. The van der Waals surface area contributed by atoms with Crippen LogP contribution in [0.4, 0.5) is 0 Å². The third-order valence-corrected chi connectivity index (χ3v) is 6.41. The van der Waals surface area contributed by atoms with Crippen LogP contribution in [0.15, 0.2) is 0 Å². The smallest absolute Gasteiger partial charge is 0.238 e. The summed E-state index contributed by atoms with van der Waals surface area (Å²) in [7, 11) is -3.29. The minimum Gasteiger partial charge on any atom is -0.350 e. The second kappa shape index (κ2) is 5.85. The SMILES string of the molecule is CS(=O)(=O)N1CCC[C@@H]1C(=O)N[C@H]1CCN2CCCC[C@@H]12. The number of nitrogens with one attached hydrogen (secondary N) is 1. The summed E-state index contributed by atoms with van der Waals surface area (Å²) >= 11 is 0. The van der Waals surface area contributed by atoms with Crippen LogP contribution < -0.4 is 5.32 Å². The van der Waals surface area contributed by atoms with E-state index in [2.05, 4.69) is 10.2 Å². The van der Waals surface area contributed by atoms with Gasteiger partial charge >= 0.3 is 0 Å². The zero-order valence-corrected chi connectivity index (χ0v) is 13.4. The topological polar surface area (TPSA) is 69.7 Å². The third-order valence-electron chi connectivity index (χ3n) is 5.12. The van der Waals surface area contributed by atoms with Crippen molar-refractivity contribution in [1.29, 1.82) is 0 Å². The van der Waals surface area contributed by atoms with Crippen LogP contribution in [0.2, 0.25) is 0 Å². The van der Waals surface area contributed by atoms with Crippen LogP contribution in [-0.4, -0.2) is 67.5 Å². The normalized spacial score (nSPS) is 34.8. The monoisotopic (exact) mass is 315 g/mol. The van der Waals surface area contributed by atoms with Gasteiger partial charge in [-0.1, -0.05) is 6.42 Å². The fourth-order valence-corrected chi connectivity index (χ4v) is 5.22. The zero-order chi connectivity index (χ0) is 15.0. The maximum Gasteiger partial charge on any atom is 0.238 e. The number of fused-ring (bicyclic) bond motifs is 1. The van der Waals surface area contributed by atoms with Crippen molar-refractivity contribution in [3.63, 3.8) is 0 Å². The molecular formula is C14H25N3O3S. The number of sulfonamides is 1. The molecule has 3 fully saturated rings. The van der Waals surface area contributed by atoms with E-state index in [4.69, 9.17) is 0 Å². The van der Waals surface area contributed by atoms with Gasteiger partial charge in [0.2, 0.25) is 15.9 Å². The minimum atomic E-state index is -3.29. The van der Waals surface area contributed by atoms with Crippen molar-refractivity contribution in [3.8, 4) is 0 Å². The summed E-state index contributed by atoms with van der Waals surface area (Å²) in [4.78, 5) is 15.0. The molecule has 3 saturated heterocycles. The van der Waals surface area contributed by atoms with Crippen molar-refractivity contribution in [2.24, 2.45) is 0 Å². The Labute approximate surface area is 126 Å². The number of nitrogens with zero attached hydrogens (tertiary/aromatic N) is 2. The molecule has 3 atom stereocenters. The Morgan fingerprint density at radius 2 is 1.86 bits per heavy atom. The molecule has 3 aliphatic heterocycles. The molecule has 0 radical (unpaired) electrons. The van der Waals surface area contributed by atoms with Crippen molar-refractivity contribution >= 4 is 15.9 Å². The van der Waals surface area contributed by atoms with Crippen LogP contribution in [0.25, 0.3) is 0 Å². The lowest BCUT2D eigenvalue weighted by molar-refractivity contribution is -0.125. The number of hydrogen-bond acceptors (Lipinski definition) is 4. The molecule has 0 aliphatic carbocycles. The van der Waals surface area contributed by atoms with Crippen LogP contribution in [0.1, 0.15) is 38.5 Å². The predicted molar refractivity (Wildman–Crippen MR) is 80.3 cm³/mol. The Kier molecular flexibility index (Phi) is 4.25. The van der Waals surface area contributed by atoms with E-state index in [1.54, 1.807) is 0 Å². The summed E-state index contributed by atoms with van der Waals surface area (Å²) in [5, 5.41) is 3.14. The van der Waals surface area contributed by atoms with Gasteiger partial charge in [-0.2, -0.15) is 4.31 Å². The maximum atomic E-state index is 12.5. The highest BCUT2D eigenvalue weighted by molar-refractivity contribution is 7.88. The molecule has 3 heterocycles. The van der Waals surface area contributed by atoms with Gasteiger partial charge in [-0.25, -0.2) is 8.42 Å². The highest BCUT2D eigenvalue weighted by Gasteiger charge is 2.40. The van der Waals surface area contributed by atoms with Crippen molar-refractivity contribution in [3.05, 3.63) is 0 Å². The van der Waals surface area contributed by atoms with Crippen LogP contribution in [0.5, 0.6) is 0 Å². The summed E-state index contributed by atoms with van der Waals surface area (Å²) in [6.45, 7) is 2.66. The average Bonchev–Trinajstić information content (AvgIpc) is 3.05. The number of carbonyl (C=O) groups excluding carboxylic acids is 1. The van der Waals surface area contributed by atoms with Gasteiger partial charge < -0.3 is 5.32 Å². The molecule has 0 bridgehead atoms. The molecule has 0 aromatic carbocycles. The van der Waals surface area contributed by atoms with Gasteiger partial charge in [0, 0.05) is 25.2 Å². The molecule has 3 aliphatic rings. The van der Waals surface area contributed by atoms with Gasteiger partial charge in [-0.05, 0) is 38.6 Å². The molecule has 3 rings (SSSR count). The quantitative estimate of drug-likeness (QED) is 0.805. The van der Waals surface area contributed by atoms with Crippen LogP contribution in [-0.2, 0) is 14.8 Å². The molecular weight excluding hydrogens is 290 g/mol. The second-order valence-electron chi connectivity index (χ2n) is 6.53. The van der Waals surface area contributed by atoms with E-state index in [1.807, 2.05) is 0 Å². The first kappa shape index (κ1) is 15.2. The Hall–Kier alpha value is -0.660. The molecule has 120 valence electrons. The third kappa shape index (κ3) is 3.10. The van der Waals surface area contributed by atoms with E-state index in [-0.39, 0.29) is 11.9 Å². The van der Waals surface area contributed by atoms with Crippen molar-refractivity contribution in [2.45, 2.75) is 56.7 Å².